The minimum Gasteiger partial charge on any atom is -0.453 e. The first kappa shape index (κ1) is 19.4. The standard InChI is InChI=1S/C20H25N3O3S/c1-26-20(25)23-19-22-17(15-10-6-3-7-11-15)18(27-19)21-16(24)13-12-14-8-4-2-5-9-14/h3,6-7,10-11,14H,2,4-5,8-9,12-13H2,1H3,(H,21,24)(H,22,23,25). The number of hydrogen-bond donors (Lipinski definition) is 2. The van der Waals surface area contributed by atoms with Crippen LogP contribution < -0.4 is 10.6 Å². The van der Waals surface area contributed by atoms with Gasteiger partial charge in [-0.15, -0.1) is 0 Å². The van der Waals surface area contributed by atoms with Crippen molar-refractivity contribution in [3.05, 3.63) is 30.3 Å². The quantitative estimate of drug-likeness (QED) is 0.706. The number of ether oxygens (including phenoxy) is 1. The molecule has 3 rings (SSSR count). The molecular weight excluding hydrogens is 362 g/mol. The Labute approximate surface area is 163 Å². The maximum Gasteiger partial charge on any atom is 0.413 e. The molecule has 0 spiro atoms. The van der Waals surface area contributed by atoms with Crippen LogP contribution >= 0.6 is 11.3 Å². The summed E-state index contributed by atoms with van der Waals surface area (Å²) >= 11 is 1.23. The number of carbonyl (C=O) groups is 2. The molecule has 2 aromatic rings. The Kier molecular flexibility index (Phi) is 6.81. The summed E-state index contributed by atoms with van der Waals surface area (Å²) in [5.41, 5.74) is 1.53. The molecule has 0 atom stereocenters. The first-order chi connectivity index (χ1) is 13.2. The number of hydrogen-bond acceptors (Lipinski definition) is 5. The molecular formula is C20H25N3O3S. The lowest BCUT2D eigenvalue weighted by atomic mass is 9.86. The van der Waals surface area contributed by atoms with Gasteiger partial charge in [0.1, 0.15) is 10.7 Å². The van der Waals surface area contributed by atoms with E-state index < -0.39 is 6.09 Å². The zero-order valence-corrected chi connectivity index (χ0v) is 16.3. The molecule has 0 radical (unpaired) electrons. The van der Waals surface area contributed by atoms with Crippen LogP contribution in [0.1, 0.15) is 44.9 Å². The van der Waals surface area contributed by atoms with Gasteiger partial charge < -0.3 is 10.1 Å². The summed E-state index contributed by atoms with van der Waals surface area (Å²) in [6, 6.07) is 9.60. The summed E-state index contributed by atoms with van der Waals surface area (Å²) in [6.07, 6.45) is 7.20. The van der Waals surface area contributed by atoms with Crippen LogP contribution in [0.4, 0.5) is 14.9 Å². The number of nitrogens with one attached hydrogen (secondary N) is 2. The second kappa shape index (κ2) is 9.50. The molecule has 144 valence electrons. The molecule has 2 N–H and O–H groups in total. The van der Waals surface area contributed by atoms with Crippen molar-refractivity contribution in [3.63, 3.8) is 0 Å². The van der Waals surface area contributed by atoms with Crippen LogP contribution in [0.2, 0.25) is 0 Å². The van der Waals surface area contributed by atoms with E-state index in [9.17, 15) is 9.59 Å². The van der Waals surface area contributed by atoms with E-state index in [0.717, 1.165) is 12.0 Å². The number of amides is 2. The second-order valence-electron chi connectivity index (χ2n) is 6.77. The number of thiazole rings is 1. The second-order valence-corrected chi connectivity index (χ2v) is 7.77. The average molecular weight is 388 g/mol. The minimum absolute atomic E-state index is 0.00831. The van der Waals surface area contributed by atoms with E-state index in [1.54, 1.807) is 0 Å². The number of nitrogens with zero attached hydrogens (tertiary/aromatic N) is 1. The fourth-order valence-corrected chi connectivity index (χ4v) is 4.28. The monoisotopic (exact) mass is 387 g/mol. The number of rotatable bonds is 6. The first-order valence-corrected chi connectivity index (χ1v) is 10.2. The van der Waals surface area contributed by atoms with Crippen LogP contribution in [0.5, 0.6) is 0 Å². The Morgan fingerprint density at radius 3 is 2.59 bits per heavy atom. The molecule has 1 aliphatic rings. The topological polar surface area (TPSA) is 80.3 Å². The van der Waals surface area contributed by atoms with Gasteiger partial charge in [-0.2, -0.15) is 0 Å². The fraction of sp³-hybridized carbons (Fsp3) is 0.450. The zero-order chi connectivity index (χ0) is 19.1. The summed E-state index contributed by atoms with van der Waals surface area (Å²) < 4.78 is 4.63. The van der Waals surface area contributed by atoms with Crippen molar-refractivity contribution >= 4 is 33.5 Å². The van der Waals surface area contributed by atoms with E-state index in [4.69, 9.17) is 0 Å². The maximum absolute atomic E-state index is 12.5. The Morgan fingerprint density at radius 1 is 1.15 bits per heavy atom. The lowest BCUT2D eigenvalue weighted by Crippen LogP contribution is -2.14. The van der Waals surface area contributed by atoms with Crippen LogP contribution in [0, 0.1) is 5.92 Å². The van der Waals surface area contributed by atoms with Gasteiger partial charge in [-0.05, 0) is 12.3 Å². The van der Waals surface area contributed by atoms with Gasteiger partial charge in [0.2, 0.25) is 5.91 Å². The lowest BCUT2D eigenvalue weighted by Gasteiger charge is -2.20. The van der Waals surface area contributed by atoms with Crippen molar-refractivity contribution in [2.45, 2.75) is 44.9 Å². The highest BCUT2D eigenvalue weighted by Crippen LogP contribution is 2.36. The minimum atomic E-state index is -0.585. The van der Waals surface area contributed by atoms with Crippen molar-refractivity contribution in [3.8, 4) is 11.3 Å². The predicted molar refractivity (Wildman–Crippen MR) is 108 cm³/mol. The van der Waals surface area contributed by atoms with Gasteiger partial charge in [-0.3, -0.25) is 10.1 Å². The van der Waals surface area contributed by atoms with E-state index in [-0.39, 0.29) is 5.91 Å². The molecule has 2 amide bonds. The Hall–Kier alpha value is -2.41. The highest BCUT2D eigenvalue weighted by atomic mass is 32.1. The van der Waals surface area contributed by atoms with Gasteiger partial charge >= 0.3 is 6.09 Å². The van der Waals surface area contributed by atoms with Crippen LogP contribution in [0.25, 0.3) is 11.3 Å². The molecule has 1 aliphatic carbocycles. The Morgan fingerprint density at radius 2 is 1.89 bits per heavy atom. The van der Waals surface area contributed by atoms with Crippen molar-refractivity contribution in [1.29, 1.82) is 0 Å². The van der Waals surface area contributed by atoms with E-state index in [1.807, 2.05) is 30.3 Å². The van der Waals surface area contributed by atoms with E-state index in [0.29, 0.717) is 28.2 Å². The fourth-order valence-electron chi connectivity index (χ4n) is 3.39. The van der Waals surface area contributed by atoms with E-state index in [2.05, 4.69) is 20.4 Å². The number of aromatic nitrogens is 1. The largest absolute Gasteiger partial charge is 0.453 e. The molecule has 27 heavy (non-hydrogen) atoms. The van der Waals surface area contributed by atoms with E-state index >= 15 is 0 Å². The van der Waals surface area contributed by atoms with Crippen LogP contribution in [0.15, 0.2) is 30.3 Å². The smallest absolute Gasteiger partial charge is 0.413 e. The number of carbonyl (C=O) groups excluding carboxylic acids is 2. The normalized spacial score (nSPS) is 14.6. The molecule has 0 bridgehead atoms. The van der Waals surface area contributed by atoms with Crippen molar-refractivity contribution in [2.75, 3.05) is 17.7 Å². The highest BCUT2D eigenvalue weighted by Gasteiger charge is 2.19. The molecule has 6 nitrogen and oxygen atoms in total. The van der Waals surface area contributed by atoms with Gasteiger partial charge in [0.05, 0.1) is 7.11 Å². The molecule has 1 aromatic heterocycles. The summed E-state index contributed by atoms with van der Waals surface area (Å²) in [4.78, 5) is 28.4. The summed E-state index contributed by atoms with van der Waals surface area (Å²) in [5.74, 6) is 0.655. The lowest BCUT2D eigenvalue weighted by molar-refractivity contribution is -0.116. The molecule has 1 heterocycles. The van der Waals surface area contributed by atoms with Gasteiger partial charge in [-0.25, -0.2) is 9.78 Å². The van der Waals surface area contributed by atoms with Crippen molar-refractivity contribution in [2.24, 2.45) is 5.92 Å². The molecule has 1 saturated carbocycles. The van der Waals surface area contributed by atoms with Crippen molar-refractivity contribution < 1.29 is 14.3 Å². The van der Waals surface area contributed by atoms with Crippen LogP contribution in [0.3, 0.4) is 0 Å². The highest BCUT2D eigenvalue weighted by molar-refractivity contribution is 7.20. The molecule has 1 fully saturated rings. The van der Waals surface area contributed by atoms with Crippen LogP contribution in [-0.4, -0.2) is 24.1 Å². The van der Waals surface area contributed by atoms with Gasteiger partial charge in [0, 0.05) is 12.0 Å². The third-order valence-corrected chi connectivity index (χ3v) is 5.71. The molecule has 0 unspecified atom stereocenters. The molecule has 7 heteroatoms. The SMILES string of the molecule is COC(=O)Nc1nc(-c2ccccc2)c(NC(=O)CCC2CCCCC2)s1. The average Bonchev–Trinajstić information content (AvgIpc) is 3.09. The van der Waals surface area contributed by atoms with Gasteiger partial charge in [-0.1, -0.05) is 73.8 Å². The number of methoxy groups -OCH3 is 1. The number of benzene rings is 1. The number of anilines is 2. The predicted octanol–water partition coefficient (Wildman–Crippen LogP) is 5.29. The van der Waals surface area contributed by atoms with Crippen LogP contribution in [-0.2, 0) is 9.53 Å². The molecule has 0 aliphatic heterocycles. The van der Waals surface area contributed by atoms with Gasteiger partial charge in [0.25, 0.3) is 0 Å². The third-order valence-electron chi connectivity index (χ3n) is 4.83. The molecule has 0 saturated heterocycles. The summed E-state index contributed by atoms with van der Waals surface area (Å²) in [5, 5.41) is 6.59. The van der Waals surface area contributed by atoms with E-state index in [1.165, 1.54) is 50.6 Å². The first-order valence-electron chi connectivity index (χ1n) is 9.37. The summed E-state index contributed by atoms with van der Waals surface area (Å²) in [7, 11) is 1.30. The zero-order valence-electron chi connectivity index (χ0n) is 15.5. The van der Waals surface area contributed by atoms with Gasteiger partial charge in [0.15, 0.2) is 5.13 Å². The summed E-state index contributed by atoms with van der Waals surface area (Å²) in [6.45, 7) is 0. The van der Waals surface area contributed by atoms with Crippen molar-refractivity contribution in [1.82, 2.24) is 4.98 Å². The molecule has 1 aromatic carbocycles. The third kappa shape index (κ3) is 5.53. The maximum atomic E-state index is 12.5. The Balaban J connectivity index is 1.70. The Bertz CT molecular complexity index is 770.